The van der Waals surface area contributed by atoms with Crippen LogP contribution in [-0.4, -0.2) is 28.6 Å². The second-order valence-electron chi connectivity index (χ2n) is 6.48. The quantitative estimate of drug-likeness (QED) is 0.879. The van der Waals surface area contributed by atoms with Crippen LogP contribution in [0.4, 0.5) is 0 Å². The number of aliphatic hydroxyl groups excluding tert-OH is 1. The van der Waals surface area contributed by atoms with Crippen LogP contribution in [0.25, 0.3) is 0 Å². The third kappa shape index (κ3) is 4.51. The Hall–Kier alpha value is -0.940. The van der Waals surface area contributed by atoms with Crippen LogP contribution in [0.2, 0.25) is 0 Å². The van der Waals surface area contributed by atoms with E-state index in [9.17, 15) is 4.79 Å². The molecule has 1 fully saturated rings. The minimum Gasteiger partial charge on any atom is -0.396 e. The Balaban J connectivity index is 1.97. The van der Waals surface area contributed by atoms with Crippen molar-refractivity contribution >= 4 is 17.2 Å². The van der Waals surface area contributed by atoms with Gasteiger partial charge in [-0.05, 0) is 50.9 Å². The molecule has 1 heterocycles. The van der Waals surface area contributed by atoms with Crippen molar-refractivity contribution in [1.29, 1.82) is 0 Å². The Kier molecular flexibility index (Phi) is 5.76. The average Bonchev–Trinajstić information content (AvgIpc) is 2.79. The van der Waals surface area contributed by atoms with Crippen LogP contribution in [0.15, 0.2) is 0 Å². The number of hydrogen-bond donors (Lipinski definition) is 2. The molecule has 4 nitrogen and oxygen atoms in total. The van der Waals surface area contributed by atoms with Crippen molar-refractivity contribution in [3.8, 4) is 0 Å². The van der Waals surface area contributed by atoms with E-state index in [0.717, 1.165) is 47.7 Å². The third-order valence-corrected chi connectivity index (χ3v) is 5.06. The molecule has 1 amide bonds. The lowest BCUT2D eigenvalue weighted by atomic mass is 9.86. The highest BCUT2D eigenvalue weighted by atomic mass is 32.1. The Bertz CT molecular complexity index is 477. The maximum atomic E-state index is 12.5. The lowest BCUT2D eigenvalue weighted by molar-refractivity contribution is 0.0917. The van der Waals surface area contributed by atoms with Crippen LogP contribution < -0.4 is 5.32 Å². The predicted octanol–water partition coefficient (Wildman–Crippen LogP) is 2.93. The molecule has 1 aliphatic rings. The van der Waals surface area contributed by atoms with Crippen molar-refractivity contribution in [2.24, 2.45) is 11.8 Å². The molecule has 0 aromatic carbocycles. The molecule has 0 radical (unpaired) electrons. The van der Waals surface area contributed by atoms with E-state index >= 15 is 0 Å². The SMILES string of the molecule is Cc1nc(CC(C)C)c(C(=O)NC2CCC(CO)CC2)s1. The van der Waals surface area contributed by atoms with Gasteiger partial charge < -0.3 is 10.4 Å². The van der Waals surface area contributed by atoms with E-state index < -0.39 is 0 Å². The fraction of sp³-hybridized carbons (Fsp3) is 0.750. The fourth-order valence-corrected chi connectivity index (χ4v) is 3.76. The maximum Gasteiger partial charge on any atom is 0.263 e. The number of amides is 1. The Labute approximate surface area is 131 Å². The molecule has 0 unspecified atom stereocenters. The number of nitrogens with one attached hydrogen (secondary N) is 1. The van der Waals surface area contributed by atoms with Crippen molar-refractivity contribution in [1.82, 2.24) is 10.3 Å². The molecule has 0 atom stereocenters. The molecule has 21 heavy (non-hydrogen) atoms. The summed E-state index contributed by atoms with van der Waals surface area (Å²) in [6.07, 6.45) is 4.79. The second-order valence-corrected chi connectivity index (χ2v) is 7.68. The normalized spacial score (nSPS) is 22.5. The number of hydrogen-bond acceptors (Lipinski definition) is 4. The van der Waals surface area contributed by atoms with E-state index in [0.29, 0.717) is 11.8 Å². The van der Waals surface area contributed by atoms with Gasteiger partial charge in [-0.25, -0.2) is 4.98 Å². The highest BCUT2D eigenvalue weighted by molar-refractivity contribution is 7.13. The molecule has 5 heteroatoms. The highest BCUT2D eigenvalue weighted by Gasteiger charge is 2.24. The first-order valence-corrected chi connectivity index (χ1v) is 8.69. The zero-order valence-corrected chi connectivity index (χ0v) is 14.0. The number of rotatable bonds is 5. The number of aryl methyl sites for hydroxylation is 1. The Morgan fingerprint density at radius 1 is 1.38 bits per heavy atom. The molecule has 1 aromatic heterocycles. The van der Waals surface area contributed by atoms with Crippen LogP contribution >= 0.6 is 11.3 Å². The zero-order valence-electron chi connectivity index (χ0n) is 13.2. The molecule has 118 valence electrons. The van der Waals surface area contributed by atoms with Gasteiger partial charge >= 0.3 is 0 Å². The predicted molar refractivity (Wildman–Crippen MR) is 85.7 cm³/mol. The third-order valence-electron chi connectivity index (χ3n) is 4.05. The molecule has 0 bridgehead atoms. The Morgan fingerprint density at radius 3 is 2.62 bits per heavy atom. The number of carbonyl (C=O) groups excluding carboxylic acids is 1. The second kappa shape index (κ2) is 7.36. The fourth-order valence-electron chi connectivity index (χ4n) is 2.91. The molecule has 1 aromatic rings. The van der Waals surface area contributed by atoms with Gasteiger partial charge in [-0.2, -0.15) is 0 Å². The number of carbonyl (C=O) groups is 1. The highest BCUT2D eigenvalue weighted by Crippen LogP contribution is 2.25. The van der Waals surface area contributed by atoms with E-state index in [1.807, 2.05) is 6.92 Å². The van der Waals surface area contributed by atoms with Gasteiger partial charge in [0.1, 0.15) is 4.88 Å². The molecule has 2 N–H and O–H groups in total. The smallest absolute Gasteiger partial charge is 0.263 e. The topological polar surface area (TPSA) is 62.2 Å². The molecule has 0 saturated heterocycles. The number of nitrogens with zero attached hydrogens (tertiary/aromatic N) is 1. The molecule has 0 aliphatic heterocycles. The first-order valence-electron chi connectivity index (χ1n) is 7.87. The summed E-state index contributed by atoms with van der Waals surface area (Å²) in [7, 11) is 0. The van der Waals surface area contributed by atoms with Gasteiger partial charge in [-0.1, -0.05) is 13.8 Å². The standard InChI is InChI=1S/C16H26N2O2S/c1-10(2)8-14-15(21-11(3)17-14)16(20)18-13-6-4-12(9-19)5-7-13/h10,12-13,19H,4-9H2,1-3H3,(H,18,20). The van der Waals surface area contributed by atoms with Gasteiger partial charge in [-0.15, -0.1) is 11.3 Å². The summed E-state index contributed by atoms with van der Waals surface area (Å²) in [5.41, 5.74) is 0.939. The van der Waals surface area contributed by atoms with Gasteiger partial charge in [0.2, 0.25) is 0 Å². The van der Waals surface area contributed by atoms with Crippen molar-refractivity contribution in [3.05, 3.63) is 15.6 Å². The summed E-state index contributed by atoms with van der Waals surface area (Å²) in [4.78, 5) is 17.8. The summed E-state index contributed by atoms with van der Waals surface area (Å²) >= 11 is 1.49. The van der Waals surface area contributed by atoms with Gasteiger partial charge in [0.25, 0.3) is 5.91 Å². The van der Waals surface area contributed by atoms with Crippen LogP contribution in [0, 0.1) is 18.8 Å². The van der Waals surface area contributed by atoms with Crippen molar-refractivity contribution in [3.63, 3.8) is 0 Å². The van der Waals surface area contributed by atoms with E-state index in [2.05, 4.69) is 24.1 Å². The molecule has 0 spiro atoms. The minimum atomic E-state index is 0.0312. The first-order chi connectivity index (χ1) is 9.99. The van der Waals surface area contributed by atoms with Crippen molar-refractivity contribution in [2.75, 3.05) is 6.61 Å². The van der Waals surface area contributed by atoms with Crippen molar-refractivity contribution in [2.45, 2.75) is 58.9 Å². The molecule has 1 saturated carbocycles. The Morgan fingerprint density at radius 2 is 2.05 bits per heavy atom. The summed E-state index contributed by atoms with van der Waals surface area (Å²) in [5, 5.41) is 13.3. The summed E-state index contributed by atoms with van der Waals surface area (Å²) in [6.45, 7) is 6.52. The van der Waals surface area contributed by atoms with Gasteiger partial charge in [-0.3, -0.25) is 4.79 Å². The lowest BCUT2D eigenvalue weighted by Gasteiger charge is -2.27. The van der Waals surface area contributed by atoms with Crippen LogP contribution in [-0.2, 0) is 6.42 Å². The van der Waals surface area contributed by atoms with E-state index in [-0.39, 0.29) is 18.6 Å². The molecule has 2 rings (SSSR count). The minimum absolute atomic E-state index is 0.0312. The maximum absolute atomic E-state index is 12.5. The summed E-state index contributed by atoms with van der Waals surface area (Å²) in [5.74, 6) is 0.946. The van der Waals surface area contributed by atoms with E-state index in [4.69, 9.17) is 5.11 Å². The van der Waals surface area contributed by atoms with Crippen LogP contribution in [0.3, 0.4) is 0 Å². The number of aromatic nitrogens is 1. The number of aliphatic hydroxyl groups is 1. The summed E-state index contributed by atoms with van der Waals surface area (Å²) in [6, 6.07) is 0.245. The van der Waals surface area contributed by atoms with Crippen LogP contribution in [0.5, 0.6) is 0 Å². The monoisotopic (exact) mass is 310 g/mol. The molecular formula is C16H26N2O2S. The van der Waals surface area contributed by atoms with E-state index in [1.54, 1.807) is 0 Å². The van der Waals surface area contributed by atoms with Crippen molar-refractivity contribution < 1.29 is 9.90 Å². The zero-order chi connectivity index (χ0) is 15.4. The lowest BCUT2D eigenvalue weighted by Crippen LogP contribution is -2.38. The largest absolute Gasteiger partial charge is 0.396 e. The van der Waals surface area contributed by atoms with E-state index in [1.165, 1.54) is 11.3 Å². The van der Waals surface area contributed by atoms with Gasteiger partial charge in [0.15, 0.2) is 0 Å². The molecule has 1 aliphatic carbocycles. The van der Waals surface area contributed by atoms with Gasteiger partial charge in [0, 0.05) is 12.6 Å². The first kappa shape index (κ1) is 16.4. The number of thiazole rings is 1. The van der Waals surface area contributed by atoms with Gasteiger partial charge in [0.05, 0.1) is 10.7 Å². The molecular weight excluding hydrogens is 284 g/mol. The van der Waals surface area contributed by atoms with Crippen LogP contribution in [0.1, 0.15) is 59.9 Å². The average molecular weight is 310 g/mol. The summed E-state index contributed by atoms with van der Waals surface area (Å²) < 4.78 is 0.